The van der Waals surface area contributed by atoms with Gasteiger partial charge in [-0.1, -0.05) is 96.7 Å². The summed E-state index contributed by atoms with van der Waals surface area (Å²) in [4.78, 5) is 30.0. The minimum atomic E-state index is -0.208. The molecule has 0 saturated carbocycles. The molecule has 4 heteroatoms. The van der Waals surface area contributed by atoms with Crippen molar-refractivity contribution in [3.63, 3.8) is 0 Å². The second kappa shape index (κ2) is 7.61. The van der Waals surface area contributed by atoms with Crippen LogP contribution < -0.4 is 4.90 Å². The molecule has 0 N–H and O–H groups in total. The number of anilines is 1. The van der Waals surface area contributed by atoms with Gasteiger partial charge in [0.2, 0.25) is 0 Å². The summed E-state index contributed by atoms with van der Waals surface area (Å²) in [5.74, 6) is -0.417. The summed E-state index contributed by atoms with van der Waals surface area (Å²) in [6.45, 7) is 0. The molecule has 4 aromatic rings. The van der Waals surface area contributed by atoms with Gasteiger partial charge in [-0.05, 0) is 28.7 Å². The number of carbonyl (C=O) groups is 2. The van der Waals surface area contributed by atoms with E-state index in [9.17, 15) is 9.59 Å². The second-order valence-electron chi connectivity index (χ2n) is 8.14. The molecule has 0 aromatic heterocycles. The van der Waals surface area contributed by atoms with Crippen molar-refractivity contribution in [2.75, 3.05) is 11.9 Å². The largest absolute Gasteiger partial charge is 0.338 e. The molecule has 0 spiro atoms. The third kappa shape index (κ3) is 3.06. The van der Waals surface area contributed by atoms with Crippen LogP contribution in [0.15, 0.2) is 113 Å². The molecule has 2 aliphatic rings. The molecular formula is C29H19NO2S. The van der Waals surface area contributed by atoms with E-state index in [1.165, 1.54) is 10.8 Å². The number of hydrogen-bond donors (Lipinski definition) is 0. The summed E-state index contributed by atoms with van der Waals surface area (Å²) in [5.41, 5.74) is 3.86. The number of carbonyl (C=O) groups excluding carboxylic acids is 2. The van der Waals surface area contributed by atoms with Gasteiger partial charge in [0.1, 0.15) is 0 Å². The number of thioether (sulfide) groups is 1. The van der Waals surface area contributed by atoms with Crippen LogP contribution in [0.2, 0.25) is 0 Å². The summed E-state index contributed by atoms with van der Waals surface area (Å²) in [6, 6.07) is 29.4. The molecule has 0 fully saturated rings. The molecule has 1 aliphatic heterocycles. The maximum atomic E-state index is 13.3. The van der Waals surface area contributed by atoms with Crippen LogP contribution >= 0.6 is 11.8 Å². The van der Waals surface area contributed by atoms with Gasteiger partial charge in [-0.25, -0.2) is 0 Å². The maximum absolute atomic E-state index is 13.3. The summed E-state index contributed by atoms with van der Waals surface area (Å²) < 4.78 is 0. The van der Waals surface area contributed by atoms with Crippen molar-refractivity contribution < 1.29 is 9.59 Å². The first-order valence-electron chi connectivity index (χ1n) is 10.8. The molecule has 1 heterocycles. The SMILES string of the molecule is CN1/C(=C/C(=C2C(=O)c3ccccc3C2=O)c2ccccc2)Sc2ccc3ccccc3c21. The van der Waals surface area contributed by atoms with E-state index in [1.54, 1.807) is 36.0 Å². The molecule has 0 saturated heterocycles. The zero-order valence-electron chi connectivity index (χ0n) is 17.9. The van der Waals surface area contributed by atoms with Crippen LogP contribution in [-0.2, 0) is 0 Å². The maximum Gasteiger partial charge on any atom is 0.198 e. The first kappa shape index (κ1) is 19.8. The fraction of sp³-hybridized carbons (Fsp3) is 0.0345. The van der Waals surface area contributed by atoms with Crippen molar-refractivity contribution in [2.45, 2.75) is 4.90 Å². The highest BCUT2D eigenvalue weighted by Crippen LogP contribution is 2.49. The first-order chi connectivity index (χ1) is 16.1. The number of Topliss-reactive ketones (excluding diaryl/α,β-unsaturated/α-hetero) is 2. The Bertz CT molecular complexity index is 1500. The van der Waals surface area contributed by atoms with Gasteiger partial charge >= 0.3 is 0 Å². The number of hydrogen-bond acceptors (Lipinski definition) is 4. The number of fused-ring (bicyclic) bond motifs is 4. The third-order valence-electron chi connectivity index (χ3n) is 6.24. The Morgan fingerprint density at radius 3 is 2.12 bits per heavy atom. The summed E-state index contributed by atoms with van der Waals surface area (Å²) in [5, 5.41) is 3.34. The van der Waals surface area contributed by atoms with E-state index >= 15 is 0 Å². The Morgan fingerprint density at radius 2 is 1.39 bits per heavy atom. The van der Waals surface area contributed by atoms with Gasteiger partial charge in [0, 0.05) is 28.5 Å². The van der Waals surface area contributed by atoms with Crippen molar-refractivity contribution >= 4 is 45.4 Å². The lowest BCUT2D eigenvalue weighted by Gasteiger charge is -2.17. The molecule has 0 atom stereocenters. The standard InChI is InChI=1S/C29H19NO2S/c1-30-25(33-24-16-15-19-11-5-6-12-20(19)27(24)30)17-23(18-9-3-2-4-10-18)26-28(31)21-13-7-8-14-22(21)29(26)32/h2-17H,1H3/b25-17-. The van der Waals surface area contributed by atoms with E-state index in [0.29, 0.717) is 16.7 Å². The Morgan fingerprint density at radius 1 is 0.758 bits per heavy atom. The molecule has 0 unspecified atom stereocenters. The zero-order valence-corrected chi connectivity index (χ0v) is 18.7. The summed E-state index contributed by atoms with van der Waals surface area (Å²) >= 11 is 1.66. The molecular weight excluding hydrogens is 426 g/mol. The van der Waals surface area contributed by atoms with Crippen LogP contribution in [0, 0.1) is 0 Å². The zero-order chi connectivity index (χ0) is 22.5. The van der Waals surface area contributed by atoms with E-state index in [0.717, 1.165) is 21.2 Å². The monoisotopic (exact) mass is 445 g/mol. The van der Waals surface area contributed by atoms with Crippen LogP contribution in [-0.4, -0.2) is 18.6 Å². The average molecular weight is 446 g/mol. The Hall–Kier alpha value is -3.89. The van der Waals surface area contributed by atoms with Crippen molar-refractivity contribution in [1.82, 2.24) is 0 Å². The highest BCUT2D eigenvalue weighted by atomic mass is 32.2. The molecule has 0 radical (unpaired) electrons. The van der Waals surface area contributed by atoms with Crippen molar-refractivity contribution in [3.8, 4) is 0 Å². The molecule has 158 valence electrons. The van der Waals surface area contributed by atoms with E-state index in [2.05, 4.69) is 29.2 Å². The number of rotatable bonds is 2. The average Bonchev–Trinajstić information content (AvgIpc) is 3.31. The van der Waals surface area contributed by atoms with Crippen molar-refractivity contribution in [3.05, 3.63) is 124 Å². The van der Waals surface area contributed by atoms with Gasteiger partial charge < -0.3 is 4.90 Å². The highest BCUT2D eigenvalue weighted by molar-refractivity contribution is 8.03. The minimum absolute atomic E-state index is 0.208. The molecule has 0 bridgehead atoms. The second-order valence-corrected chi connectivity index (χ2v) is 9.20. The molecule has 6 rings (SSSR count). The lowest BCUT2D eigenvalue weighted by atomic mass is 9.96. The van der Waals surface area contributed by atoms with Crippen LogP contribution in [0.4, 0.5) is 5.69 Å². The predicted octanol–water partition coefficient (Wildman–Crippen LogP) is 6.76. The number of ketones is 2. The van der Waals surface area contributed by atoms with Crippen LogP contribution in [0.3, 0.4) is 0 Å². The fourth-order valence-electron chi connectivity index (χ4n) is 4.62. The Kier molecular flexibility index (Phi) is 4.56. The predicted molar refractivity (Wildman–Crippen MR) is 135 cm³/mol. The van der Waals surface area contributed by atoms with Gasteiger partial charge in [-0.15, -0.1) is 0 Å². The molecule has 33 heavy (non-hydrogen) atoms. The van der Waals surface area contributed by atoms with E-state index in [1.807, 2.05) is 55.6 Å². The van der Waals surface area contributed by atoms with Crippen LogP contribution in [0.5, 0.6) is 0 Å². The van der Waals surface area contributed by atoms with Crippen molar-refractivity contribution in [1.29, 1.82) is 0 Å². The highest BCUT2D eigenvalue weighted by Gasteiger charge is 2.35. The quantitative estimate of drug-likeness (QED) is 0.252. The minimum Gasteiger partial charge on any atom is -0.338 e. The Balaban J connectivity index is 1.55. The van der Waals surface area contributed by atoms with Gasteiger partial charge in [0.05, 0.1) is 16.3 Å². The number of nitrogens with zero attached hydrogens (tertiary/aromatic N) is 1. The van der Waals surface area contributed by atoms with E-state index in [-0.39, 0.29) is 17.1 Å². The lowest BCUT2D eigenvalue weighted by Crippen LogP contribution is -2.11. The third-order valence-corrected chi connectivity index (χ3v) is 7.39. The number of allylic oxidation sites excluding steroid dienone is 3. The molecule has 0 amide bonds. The topological polar surface area (TPSA) is 37.4 Å². The first-order valence-corrected chi connectivity index (χ1v) is 11.6. The normalized spacial score (nSPS) is 16.0. The van der Waals surface area contributed by atoms with Gasteiger partial charge in [-0.3, -0.25) is 9.59 Å². The summed E-state index contributed by atoms with van der Waals surface area (Å²) in [6.07, 6.45) is 1.99. The van der Waals surface area contributed by atoms with Gasteiger partial charge in [0.15, 0.2) is 11.6 Å². The van der Waals surface area contributed by atoms with E-state index < -0.39 is 0 Å². The number of benzene rings is 4. The van der Waals surface area contributed by atoms with Crippen LogP contribution in [0.1, 0.15) is 26.3 Å². The Labute approximate surface area is 196 Å². The summed E-state index contributed by atoms with van der Waals surface area (Å²) in [7, 11) is 2.04. The van der Waals surface area contributed by atoms with E-state index in [4.69, 9.17) is 0 Å². The van der Waals surface area contributed by atoms with Crippen LogP contribution in [0.25, 0.3) is 16.3 Å². The van der Waals surface area contributed by atoms with Crippen molar-refractivity contribution in [2.24, 2.45) is 0 Å². The lowest BCUT2D eigenvalue weighted by molar-refractivity contribution is 0.0990. The smallest absolute Gasteiger partial charge is 0.198 e. The molecule has 4 aromatic carbocycles. The molecule has 1 aliphatic carbocycles. The van der Waals surface area contributed by atoms with Gasteiger partial charge in [-0.2, -0.15) is 0 Å². The van der Waals surface area contributed by atoms with Gasteiger partial charge in [0.25, 0.3) is 0 Å². The molecule has 3 nitrogen and oxygen atoms in total. The fourth-order valence-corrected chi connectivity index (χ4v) is 5.73.